The quantitative estimate of drug-likeness (QED) is 0.120. The minimum Gasteiger partial charge on any atom is -0.310 e. The second-order valence-electron chi connectivity index (χ2n) is 42.7. The Morgan fingerprint density at radius 3 is 0.654 bits per heavy atom. The first kappa shape index (κ1) is 83.7. The molecule has 4 aliphatic carbocycles. The molecule has 0 spiro atoms. The Kier molecular flexibility index (Phi) is 20.2. The van der Waals surface area contributed by atoms with Crippen molar-refractivity contribution in [3.05, 3.63) is 418 Å². The van der Waals surface area contributed by atoms with Gasteiger partial charge in [-0.2, -0.15) is 0 Å². The zero-order valence-corrected chi connectivity index (χ0v) is 78.3. The van der Waals surface area contributed by atoms with E-state index in [2.05, 4.69) is 501 Å². The van der Waals surface area contributed by atoms with Crippen molar-refractivity contribution in [3.8, 4) is 111 Å². The second-order valence-corrected chi connectivity index (χ2v) is 42.7. The van der Waals surface area contributed by atoms with Crippen molar-refractivity contribution in [2.75, 3.05) is 9.80 Å². The number of fused-ring (bicyclic) bond motifs is 12. The molecule has 4 aliphatic rings. The molecule has 0 aliphatic heterocycles. The van der Waals surface area contributed by atoms with Gasteiger partial charge in [0.2, 0.25) is 0 Å². The summed E-state index contributed by atoms with van der Waals surface area (Å²) in [5.41, 5.74) is 50.0. The third-order valence-corrected chi connectivity index (χ3v) is 28.8. The van der Waals surface area contributed by atoms with E-state index in [1.165, 1.54) is 184 Å². The minimum absolute atomic E-state index is 0.0798. The minimum atomic E-state index is -0.139. The molecular formula is C125H120N2. The van der Waals surface area contributed by atoms with E-state index in [0.717, 1.165) is 34.1 Å². The fourth-order valence-corrected chi connectivity index (χ4v) is 20.9. The van der Waals surface area contributed by atoms with Crippen molar-refractivity contribution >= 4 is 34.1 Å². The summed E-state index contributed by atoms with van der Waals surface area (Å²) in [5, 5.41) is 0. The van der Waals surface area contributed by atoms with Crippen molar-refractivity contribution in [2.24, 2.45) is 0 Å². The smallest absolute Gasteiger partial charge is 0.0474 e. The fourth-order valence-electron chi connectivity index (χ4n) is 20.9. The molecule has 630 valence electrons. The molecule has 0 saturated carbocycles. The van der Waals surface area contributed by atoms with Crippen molar-refractivity contribution in [1.29, 1.82) is 0 Å². The van der Waals surface area contributed by atoms with Gasteiger partial charge in [0.25, 0.3) is 0 Å². The van der Waals surface area contributed by atoms with Gasteiger partial charge in [-0.15, -0.1) is 0 Å². The van der Waals surface area contributed by atoms with Gasteiger partial charge in [-0.1, -0.05) is 381 Å². The van der Waals surface area contributed by atoms with Crippen LogP contribution in [-0.4, -0.2) is 0 Å². The van der Waals surface area contributed by atoms with E-state index >= 15 is 0 Å². The number of anilines is 6. The lowest BCUT2D eigenvalue weighted by Crippen LogP contribution is -2.18. The molecule has 0 radical (unpaired) electrons. The van der Waals surface area contributed by atoms with Crippen molar-refractivity contribution in [2.45, 2.75) is 189 Å². The third-order valence-electron chi connectivity index (χ3n) is 28.8. The SMILES string of the molecule is CC(C)(C)c1ccc2c(c1)C(C)(C)c1cc(-c3cc(-c4ccc5c(c4)C(C)(C)c4cc(C(C)(C)C)ccc4-5)cc(N(c4ccccc4)c4ccc(-c5ccccc5)cc4)c3)ccc1-2.Cc1c(-c2ccc3c(c2)C(C)(C)c2cc(C(C)(C)C)ccc2-3)cc(N(c2ccccc2)c2ccc(-c3ccccc3)cc2)cc1-c1ccc2c(c1)C(C)(C)c1cc(C(C)(C)C)ccc1-2. The van der Waals surface area contributed by atoms with Crippen LogP contribution in [0.5, 0.6) is 0 Å². The van der Waals surface area contributed by atoms with Gasteiger partial charge in [0.1, 0.15) is 0 Å². The van der Waals surface area contributed by atoms with Crippen LogP contribution in [-0.2, 0) is 43.3 Å². The topological polar surface area (TPSA) is 6.48 Å². The average molecular weight is 1650 g/mol. The Morgan fingerprint density at radius 1 is 0.165 bits per heavy atom. The highest BCUT2D eigenvalue weighted by Crippen LogP contribution is 2.58. The van der Waals surface area contributed by atoms with Crippen LogP contribution in [0.25, 0.3) is 111 Å². The van der Waals surface area contributed by atoms with Crippen LogP contribution in [0.4, 0.5) is 34.1 Å². The van der Waals surface area contributed by atoms with Gasteiger partial charge in [0, 0.05) is 55.8 Å². The van der Waals surface area contributed by atoms with E-state index in [-0.39, 0.29) is 43.3 Å². The fraction of sp³-hybridized carbons (Fsp3) is 0.232. The van der Waals surface area contributed by atoms with Crippen LogP contribution in [0.2, 0.25) is 0 Å². The lowest BCUT2D eigenvalue weighted by atomic mass is 9.78. The summed E-state index contributed by atoms with van der Waals surface area (Å²) >= 11 is 0. The molecule has 0 N–H and O–H groups in total. The van der Waals surface area contributed by atoms with Crippen LogP contribution in [0.15, 0.2) is 346 Å². The van der Waals surface area contributed by atoms with Crippen LogP contribution >= 0.6 is 0 Å². The first-order valence-electron chi connectivity index (χ1n) is 45.9. The number of rotatable bonds is 12. The average Bonchev–Trinajstić information content (AvgIpc) is 1.61. The number of nitrogens with zero attached hydrogens (tertiary/aromatic N) is 2. The Morgan fingerprint density at radius 2 is 0.378 bits per heavy atom. The Hall–Kier alpha value is -12.9. The van der Waals surface area contributed by atoms with E-state index in [1.54, 1.807) is 0 Å². The summed E-state index contributed by atoms with van der Waals surface area (Å²) in [5.74, 6) is 0. The normalized spacial score (nSPS) is 14.4. The zero-order chi connectivity index (χ0) is 89.0. The summed E-state index contributed by atoms with van der Waals surface area (Å²) < 4.78 is 0. The van der Waals surface area contributed by atoms with Crippen molar-refractivity contribution in [3.63, 3.8) is 0 Å². The number of hydrogen-bond donors (Lipinski definition) is 0. The van der Waals surface area contributed by atoms with Gasteiger partial charge < -0.3 is 9.80 Å². The van der Waals surface area contributed by atoms with E-state index in [1.807, 2.05) is 0 Å². The first-order valence-corrected chi connectivity index (χ1v) is 45.9. The molecule has 20 rings (SSSR count). The van der Waals surface area contributed by atoms with Crippen molar-refractivity contribution in [1.82, 2.24) is 0 Å². The van der Waals surface area contributed by atoms with Gasteiger partial charge in [-0.25, -0.2) is 0 Å². The van der Waals surface area contributed by atoms with Crippen LogP contribution in [0.1, 0.15) is 211 Å². The summed E-state index contributed by atoms with van der Waals surface area (Å²) in [4.78, 5) is 4.85. The van der Waals surface area contributed by atoms with Crippen LogP contribution in [0, 0.1) is 6.92 Å². The third kappa shape index (κ3) is 14.8. The molecule has 0 heterocycles. The molecule has 0 unspecified atom stereocenters. The van der Waals surface area contributed by atoms with E-state index in [9.17, 15) is 0 Å². The van der Waals surface area contributed by atoms with E-state index in [0.29, 0.717) is 0 Å². The highest BCUT2D eigenvalue weighted by Gasteiger charge is 2.42. The maximum Gasteiger partial charge on any atom is 0.0474 e. The molecular weight excluding hydrogens is 1530 g/mol. The first-order chi connectivity index (χ1) is 60.4. The number of hydrogen-bond acceptors (Lipinski definition) is 2. The highest BCUT2D eigenvalue weighted by molar-refractivity contribution is 5.95. The molecule has 127 heavy (non-hydrogen) atoms. The Labute approximate surface area is 756 Å². The lowest BCUT2D eigenvalue weighted by molar-refractivity contribution is 0.584. The molecule has 0 saturated heterocycles. The van der Waals surface area contributed by atoms with Crippen LogP contribution in [0.3, 0.4) is 0 Å². The molecule has 0 bridgehead atoms. The summed E-state index contributed by atoms with van der Waals surface area (Å²) in [6.45, 7) is 49.4. The second kappa shape index (κ2) is 30.7. The maximum atomic E-state index is 2.50. The van der Waals surface area contributed by atoms with E-state index in [4.69, 9.17) is 0 Å². The lowest BCUT2D eigenvalue weighted by Gasteiger charge is -2.29. The molecule has 2 heteroatoms. The van der Waals surface area contributed by atoms with Crippen LogP contribution < -0.4 is 9.80 Å². The van der Waals surface area contributed by atoms with Gasteiger partial charge in [0.15, 0.2) is 0 Å². The highest BCUT2D eigenvalue weighted by atomic mass is 15.1. The van der Waals surface area contributed by atoms with E-state index < -0.39 is 0 Å². The Bertz CT molecular complexity index is 6690. The summed E-state index contributed by atoms with van der Waals surface area (Å²) in [6, 6.07) is 131. The zero-order valence-electron chi connectivity index (χ0n) is 78.3. The summed E-state index contributed by atoms with van der Waals surface area (Å²) in [6.07, 6.45) is 0. The largest absolute Gasteiger partial charge is 0.310 e. The summed E-state index contributed by atoms with van der Waals surface area (Å²) in [7, 11) is 0. The van der Waals surface area contributed by atoms with Crippen molar-refractivity contribution < 1.29 is 0 Å². The van der Waals surface area contributed by atoms with Gasteiger partial charge in [-0.05, 0) is 315 Å². The molecule has 0 amide bonds. The predicted octanol–water partition coefficient (Wildman–Crippen LogP) is 35.0. The predicted molar refractivity (Wildman–Crippen MR) is 545 cm³/mol. The molecule has 16 aromatic carbocycles. The molecule has 0 atom stereocenters. The molecule has 0 fully saturated rings. The number of para-hydroxylation sites is 2. The maximum absolute atomic E-state index is 2.50. The van der Waals surface area contributed by atoms with Gasteiger partial charge in [0.05, 0.1) is 0 Å². The molecule has 2 nitrogen and oxygen atoms in total. The molecule has 0 aromatic heterocycles. The standard InChI is InChI=1S/C63H61N.C62H59N/c1-40-54(43-24-30-50-52-32-26-45(60(2,3)4)36-58(52)62(8,9)56(50)34-43)38-49(64(47-20-16-13-17-21-47)48-28-22-42(23-29-48)41-18-14-12-15-19-41)39-55(40)44-25-31-51-53-33-27-46(61(5,6)7)37-59(53)63(10,11)57(51)35-44;1-59(2,3)46-25-31-53-51-29-23-42(36-55(51)61(7,8)57(53)38-46)44-33-45(43-24-30-52-54-32-26-47(60(4,5)6)39-58(54)62(9,10)56(52)37-43)35-50(34-44)63(48-19-15-12-16-20-48)49-27-21-41(22-28-49)40-17-13-11-14-18-40/h12-39H,1-11H3;11-39H,1-10H3. The molecule has 16 aromatic rings. The monoisotopic (exact) mass is 1650 g/mol. The van der Waals surface area contributed by atoms with Gasteiger partial charge in [-0.3, -0.25) is 0 Å². The Balaban J connectivity index is 0.000000166. The number of benzene rings is 16. The van der Waals surface area contributed by atoms with Gasteiger partial charge >= 0.3 is 0 Å².